The third-order valence-corrected chi connectivity index (χ3v) is 3.20. The van der Waals surface area contributed by atoms with Gasteiger partial charge in [0, 0.05) is 27.7 Å². The molecule has 1 N–H and O–H groups in total. The van der Waals surface area contributed by atoms with Gasteiger partial charge in [0.2, 0.25) is 0 Å². The topological polar surface area (TPSA) is 12.0 Å². The minimum absolute atomic E-state index is 0.224. The van der Waals surface area contributed by atoms with E-state index in [4.69, 9.17) is 23.2 Å². The fraction of sp³-hybridized carbons (Fsp3) is 0.143. The number of nitrogens with one attached hydrogen (secondary N) is 1. The Morgan fingerprint density at radius 2 is 1.89 bits per heavy atom. The Morgan fingerprint density at radius 3 is 2.56 bits per heavy atom. The molecule has 0 aliphatic rings. The van der Waals surface area contributed by atoms with Gasteiger partial charge in [-0.1, -0.05) is 35.3 Å². The van der Waals surface area contributed by atoms with Crippen LogP contribution in [0.15, 0.2) is 36.4 Å². The molecule has 0 unspecified atom stereocenters. The molecular formula is C14H12Cl2FN. The highest BCUT2D eigenvalue weighted by molar-refractivity contribution is 6.36. The van der Waals surface area contributed by atoms with E-state index in [2.05, 4.69) is 5.32 Å². The highest BCUT2D eigenvalue weighted by Gasteiger charge is 2.08. The van der Waals surface area contributed by atoms with Crippen molar-refractivity contribution >= 4 is 23.2 Å². The molecule has 0 aliphatic carbocycles. The van der Waals surface area contributed by atoms with Crippen molar-refractivity contribution in [2.24, 2.45) is 0 Å². The molecule has 0 amide bonds. The molecule has 0 fully saturated rings. The molecule has 94 valence electrons. The standard InChI is InChI=1S/C14H12Cl2FN/c1-18-8-10-6-9(2-5-14(10)17)12-4-3-11(15)7-13(12)16/h2-7,18H,8H2,1H3. The molecule has 0 spiro atoms. The summed E-state index contributed by atoms with van der Waals surface area (Å²) in [4.78, 5) is 0. The summed E-state index contributed by atoms with van der Waals surface area (Å²) >= 11 is 12.0. The van der Waals surface area contributed by atoms with Crippen molar-refractivity contribution < 1.29 is 4.39 Å². The smallest absolute Gasteiger partial charge is 0.127 e. The molecule has 2 aromatic rings. The quantitative estimate of drug-likeness (QED) is 0.873. The van der Waals surface area contributed by atoms with Gasteiger partial charge in [0.25, 0.3) is 0 Å². The zero-order valence-electron chi connectivity index (χ0n) is 9.81. The Labute approximate surface area is 116 Å². The van der Waals surface area contributed by atoms with Crippen LogP contribution in [0.4, 0.5) is 4.39 Å². The van der Waals surface area contributed by atoms with Crippen molar-refractivity contribution in [3.8, 4) is 11.1 Å². The average molecular weight is 284 g/mol. The maximum absolute atomic E-state index is 13.5. The highest BCUT2D eigenvalue weighted by atomic mass is 35.5. The molecule has 0 heterocycles. The molecule has 18 heavy (non-hydrogen) atoms. The first-order chi connectivity index (χ1) is 8.61. The molecule has 2 aromatic carbocycles. The number of hydrogen-bond acceptors (Lipinski definition) is 1. The van der Waals surface area contributed by atoms with Crippen LogP contribution in [0.25, 0.3) is 11.1 Å². The van der Waals surface area contributed by atoms with Crippen LogP contribution >= 0.6 is 23.2 Å². The molecular weight excluding hydrogens is 272 g/mol. The second-order valence-electron chi connectivity index (χ2n) is 3.96. The van der Waals surface area contributed by atoms with Crippen LogP contribution in [0.3, 0.4) is 0 Å². The summed E-state index contributed by atoms with van der Waals surface area (Å²) in [5.74, 6) is -0.224. The van der Waals surface area contributed by atoms with E-state index in [-0.39, 0.29) is 5.82 Å². The first kappa shape index (κ1) is 13.3. The lowest BCUT2D eigenvalue weighted by Crippen LogP contribution is -2.07. The summed E-state index contributed by atoms with van der Waals surface area (Å²) in [6, 6.07) is 10.2. The maximum Gasteiger partial charge on any atom is 0.127 e. The number of halogens is 3. The Kier molecular flexibility index (Phi) is 4.23. The van der Waals surface area contributed by atoms with Gasteiger partial charge in [0.1, 0.15) is 5.82 Å². The van der Waals surface area contributed by atoms with Gasteiger partial charge in [-0.2, -0.15) is 0 Å². The van der Waals surface area contributed by atoms with Crippen LogP contribution in [-0.2, 0) is 6.54 Å². The summed E-state index contributed by atoms with van der Waals surface area (Å²) in [6.45, 7) is 0.477. The van der Waals surface area contributed by atoms with Crippen molar-refractivity contribution in [3.05, 3.63) is 57.8 Å². The zero-order valence-corrected chi connectivity index (χ0v) is 11.3. The Morgan fingerprint density at radius 1 is 1.11 bits per heavy atom. The van der Waals surface area contributed by atoms with Crippen molar-refractivity contribution in [1.82, 2.24) is 5.32 Å². The molecule has 0 saturated carbocycles. The molecule has 0 aromatic heterocycles. The summed E-state index contributed by atoms with van der Waals surface area (Å²) < 4.78 is 13.5. The minimum atomic E-state index is -0.224. The predicted octanol–water partition coefficient (Wildman–Crippen LogP) is 4.52. The Bertz CT molecular complexity index is 570. The van der Waals surface area contributed by atoms with E-state index in [9.17, 15) is 4.39 Å². The molecule has 0 aliphatic heterocycles. The van der Waals surface area contributed by atoms with E-state index in [1.807, 2.05) is 6.07 Å². The molecule has 0 radical (unpaired) electrons. The molecule has 4 heteroatoms. The van der Waals surface area contributed by atoms with Gasteiger partial charge >= 0.3 is 0 Å². The van der Waals surface area contributed by atoms with E-state index >= 15 is 0 Å². The number of benzene rings is 2. The second-order valence-corrected chi connectivity index (χ2v) is 4.80. The van der Waals surface area contributed by atoms with Crippen LogP contribution in [0.1, 0.15) is 5.56 Å². The lowest BCUT2D eigenvalue weighted by molar-refractivity contribution is 0.601. The first-order valence-electron chi connectivity index (χ1n) is 5.50. The lowest BCUT2D eigenvalue weighted by atomic mass is 10.0. The molecule has 0 bridgehead atoms. The van der Waals surface area contributed by atoms with Gasteiger partial charge in [-0.25, -0.2) is 4.39 Å². The number of rotatable bonds is 3. The molecule has 1 nitrogen and oxygen atoms in total. The van der Waals surface area contributed by atoms with Gasteiger partial charge in [-0.3, -0.25) is 0 Å². The van der Waals surface area contributed by atoms with Crippen LogP contribution in [-0.4, -0.2) is 7.05 Å². The van der Waals surface area contributed by atoms with Crippen LogP contribution in [0, 0.1) is 5.82 Å². The van der Waals surface area contributed by atoms with Gasteiger partial charge in [-0.05, 0) is 36.9 Å². The van der Waals surface area contributed by atoms with E-state index in [0.29, 0.717) is 22.2 Å². The minimum Gasteiger partial charge on any atom is -0.316 e. The average Bonchev–Trinajstić information content (AvgIpc) is 2.33. The third-order valence-electron chi connectivity index (χ3n) is 2.66. The van der Waals surface area contributed by atoms with Crippen LogP contribution in [0.2, 0.25) is 10.0 Å². The summed E-state index contributed by atoms with van der Waals surface area (Å²) in [7, 11) is 1.78. The summed E-state index contributed by atoms with van der Waals surface area (Å²) in [5.41, 5.74) is 2.34. The first-order valence-corrected chi connectivity index (χ1v) is 6.26. The summed E-state index contributed by atoms with van der Waals surface area (Å²) in [6.07, 6.45) is 0. The van der Waals surface area contributed by atoms with Crippen LogP contribution < -0.4 is 5.32 Å². The Hall–Kier alpha value is -1.09. The Balaban J connectivity index is 2.47. The normalized spacial score (nSPS) is 10.7. The van der Waals surface area contributed by atoms with Gasteiger partial charge < -0.3 is 5.32 Å². The van der Waals surface area contributed by atoms with E-state index in [0.717, 1.165) is 11.1 Å². The molecule has 2 rings (SSSR count). The van der Waals surface area contributed by atoms with Gasteiger partial charge in [-0.15, -0.1) is 0 Å². The fourth-order valence-corrected chi connectivity index (χ4v) is 2.31. The zero-order chi connectivity index (χ0) is 13.1. The fourth-order valence-electron chi connectivity index (χ4n) is 1.79. The third kappa shape index (κ3) is 2.83. The molecule has 0 saturated heterocycles. The largest absolute Gasteiger partial charge is 0.316 e. The molecule has 0 atom stereocenters. The van der Waals surface area contributed by atoms with Crippen molar-refractivity contribution in [3.63, 3.8) is 0 Å². The van der Waals surface area contributed by atoms with Crippen molar-refractivity contribution in [2.75, 3.05) is 7.05 Å². The highest BCUT2D eigenvalue weighted by Crippen LogP contribution is 2.31. The van der Waals surface area contributed by atoms with Crippen molar-refractivity contribution in [2.45, 2.75) is 6.54 Å². The van der Waals surface area contributed by atoms with Gasteiger partial charge in [0.15, 0.2) is 0 Å². The van der Waals surface area contributed by atoms with Crippen molar-refractivity contribution in [1.29, 1.82) is 0 Å². The maximum atomic E-state index is 13.5. The number of hydrogen-bond donors (Lipinski definition) is 1. The van der Waals surface area contributed by atoms with E-state index < -0.39 is 0 Å². The predicted molar refractivity (Wildman–Crippen MR) is 74.6 cm³/mol. The van der Waals surface area contributed by atoms with E-state index in [1.54, 1.807) is 31.3 Å². The summed E-state index contributed by atoms with van der Waals surface area (Å²) in [5, 5.41) is 4.08. The van der Waals surface area contributed by atoms with Crippen LogP contribution in [0.5, 0.6) is 0 Å². The second kappa shape index (κ2) is 5.70. The van der Waals surface area contributed by atoms with Gasteiger partial charge in [0.05, 0.1) is 0 Å². The van der Waals surface area contributed by atoms with E-state index in [1.165, 1.54) is 6.07 Å². The monoisotopic (exact) mass is 283 g/mol. The SMILES string of the molecule is CNCc1cc(-c2ccc(Cl)cc2Cl)ccc1F. The lowest BCUT2D eigenvalue weighted by Gasteiger charge is -2.08.